The number of hydrogen-bond acceptors (Lipinski definition) is 6. The van der Waals surface area contributed by atoms with Gasteiger partial charge in [-0.3, -0.25) is 19.7 Å². The Labute approximate surface area is 208 Å². The highest BCUT2D eigenvalue weighted by Crippen LogP contribution is 2.36. The summed E-state index contributed by atoms with van der Waals surface area (Å²) in [5.41, 5.74) is -2.96. The fourth-order valence-corrected chi connectivity index (χ4v) is 3.85. The lowest BCUT2D eigenvalue weighted by molar-refractivity contribution is -0.143. The highest BCUT2D eigenvalue weighted by Gasteiger charge is 2.37. The van der Waals surface area contributed by atoms with Crippen LogP contribution < -0.4 is 5.32 Å². The first-order valence-corrected chi connectivity index (χ1v) is 12.8. The fourth-order valence-electron chi connectivity index (χ4n) is 3.17. The Hall–Kier alpha value is -3.55. The number of carbonyl (C=O) groups is 1. The molecule has 1 amide bonds. The van der Waals surface area contributed by atoms with Crippen molar-refractivity contribution in [2.75, 3.05) is 12.0 Å². The van der Waals surface area contributed by atoms with Crippen molar-refractivity contribution in [1.29, 1.82) is 0 Å². The van der Waals surface area contributed by atoms with Gasteiger partial charge in [-0.25, -0.2) is 4.21 Å². The average molecular weight is 546 g/mol. The molecule has 0 saturated heterocycles. The van der Waals surface area contributed by atoms with E-state index in [4.69, 9.17) is 0 Å². The molecule has 37 heavy (non-hydrogen) atoms. The molecule has 0 aliphatic carbocycles. The van der Waals surface area contributed by atoms with Gasteiger partial charge in [0.1, 0.15) is 5.69 Å². The lowest BCUT2D eigenvalue weighted by Crippen LogP contribution is -2.28. The molecule has 2 heterocycles. The van der Waals surface area contributed by atoms with E-state index < -0.39 is 50.7 Å². The SMILES string of the molecule is CCS(C)(=O)=Nc1ccc(-c2nccnc2[C@H](C)NC(=O)c2cc(C(F)(F)F)cc(C(F)(F)F)c2)nc1. The van der Waals surface area contributed by atoms with Crippen molar-refractivity contribution in [1.82, 2.24) is 20.3 Å². The molecule has 0 bridgehead atoms. The van der Waals surface area contributed by atoms with Crippen molar-refractivity contribution in [3.8, 4) is 11.4 Å². The van der Waals surface area contributed by atoms with E-state index in [-0.39, 0.29) is 17.5 Å². The van der Waals surface area contributed by atoms with Crippen LogP contribution in [0.3, 0.4) is 0 Å². The van der Waals surface area contributed by atoms with Crippen LogP contribution in [0.2, 0.25) is 0 Å². The Morgan fingerprint density at radius 1 is 1.00 bits per heavy atom. The molecule has 0 aliphatic heterocycles. The van der Waals surface area contributed by atoms with Gasteiger partial charge < -0.3 is 5.32 Å². The molecule has 14 heteroatoms. The standard InChI is InChI=1S/C23H21F6N5O2S/c1-4-37(3,36)34-17-5-6-18(32-12-17)20-19(30-7-8-31-20)13(2)33-21(35)14-9-15(22(24,25)26)11-16(10-14)23(27,28)29/h5-13H,4H2,1-3H3,(H,33,35)/t13-,37?/m0/s1. The summed E-state index contributed by atoms with van der Waals surface area (Å²) in [5, 5.41) is 2.37. The zero-order valence-corrected chi connectivity index (χ0v) is 20.5. The smallest absolute Gasteiger partial charge is 0.344 e. The van der Waals surface area contributed by atoms with Crippen molar-refractivity contribution in [2.24, 2.45) is 4.36 Å². The van der Waals surface area contributed by atoms with Crippen LogP contribution in [0.4, 0.5) is 32.0 Å². The second-order valence-corrected chi connectivity index (χ2v) is 10.7. The van der Waals surface area contributed by atoms with Crippen LogP contribution in [0, 0.1) is 0 Å². The molecule has 3 aromatic rings. The number of amides is 1. The van der Waals surface area contributed by atoms with Crippen LogP contribution in [-0.2, 0) is 22.1 Å². The lowest BCUT2D eigenvalue weighted by Gasteiger charge is -2.18. The number of halogens is 6. The van der Waals surface area contributed by atoms with E-state index in [2.05, 4.69) is 24.6 Å². The van der Waals surface area contributed by atoms with E-state index in [0.717, 1.165) is 0 Å². The van der Waals surface area contributed by atoms with Crippen LogP contribution in [0.1, 0.15) is 47.1 Å². The quantitative estimate of drug-likeness (QED) is 0.394. The molecular weight excluding hydrogens is 524 g/mol. The minimum absolute atomic E-state index is 0.0555. The first-order chi connectivity index (χ1) is 17.1. The second-order valence-electron chi connectivity index (χ2n) is 8.02. The fraction of sp³-hybridized carbons (Fsp3) is 0.304. The van der Waals surface area contributed by atoms with Crippen LogP contribution >= 0.6 is 0 Å². The summed E-state index contributed by atoms with van der Waals surface area (Å²) in [7, 11) is -2.42. The molecule has 2 atom stereocenters. The number of benzene rings is 1. The minimum atomic E-state index is -5.09. The Bertz CT molecular complexity index is 1380. The molecule has 3 rings (SSSR count). The van der Waals surface area contributed by atoms with Crippen molar-refractivity contribution >= 4 is 21.3 Å². The first kappa shape index (κ1) is 28.0. The largest absolute Gasteiger partial charge is 0.416 e. The lowest BCUT2D eigenvalue weighted by atomic mass is 10.0. The Kier molecular flexibility index (Phi) is 7.91. The molecule has 0 spiro atoms. The van der Waals surface area contributed by atoms with Gasteiger partial charge in [-0.15, -0.1) is 0 Å². The molecule has 0 radical (unpaired) electrons. The molecule has 0 fully saturated rings. The number of hydrogen-bond donors (Lipinski definition) is 1. The van der Waals surface area contributed by atoms with E-state index in [9.17, 15) is 35.3 Å². The average Bonchev–Trinajstić information content (AvgIpc) is 2.83. The number of alkyl halides is 6. The van der Waals surface area contributed by atoms with Gasteiger partial charge in [0.2, 0.25) is 0 Å². The van der Waals surface area contributed by atoms with Crippen LogP contribution in [0.25, 0.3) is 11.4 Å². The van der Waals surface area contributed by atoms with Gasteiger partial charge in [0.15, 0.2) is 0 Å². The van der Waals surface area contributed by atoms with Crippen LogP contribution in [0.5, 0.6) is 0 Å². The zero-order valence-electron chi connectivity index (χ0n) is 19.7. The van der Waals surface area contributed by atoms with Crippen molar-refractivity contribution < 1.29 is 35.3 Å². The number of aromatic nitrogens is 3. The molecule has 2 aromatic heterocycles. The molecular formula is C23H21F6N5O2S. The van der Waals surface area contributed by atoms with Crippen molar-refractivity contribution in [3.05, 3.63) is 71.3 Å². The van der Waals surface area contributed by atoms with E-state index in [1.165, 1.54) is 37.8 Å². The summed E-state index contributed by atoms with van der Waals surface area (Å²) in [6.07, 6.45) is -4.64. The van der Waals surface area contributed by atoms with E-state index in [0.29, 0.717) is 29.3 Å². The highest BCUT2D eigenvalue weighted by molar-refractivity contribution is 7.93. The Balaban J connectivity index is 1.92. The normalized spacial score (nSPS) is 14.5. The third-order valence-electron chi connectivity index (χ3n) is 5.16. The molecule has 7 nitrogen and oxygen atoms in total. The van der Waals surface area contributed by atoms with Gasteiger partial charge in [0.05, 0.1) is 40.4 Å². The third kappa shape index (κ3) is 7.02. The first-order valence-electron chi connectivity index (χ1n) is 10.7. The highest BCUT2D eigenvalue weighted by atomic mass is 32.2. The minimum Gasteiger partial charge on any atom is -0.344 e. The Morgan fingerprint density at radius 3 is 2.11 bits per heavy atom. The molecule has 0 saturated carbocycles. The molecule has 1 unspecified atom stereocenters. The maximum atomic E-state index is 13.2. The number of nitrogens with zero attached hydrogens (tertiary/aromatic N) is 4. The van der Waals surface area contributed by atoms with Gasteiger partial charge in [0.25, 0.3) is 5.91 Å². The summed E-state index contributed by atoms with van der Waals surface area (Å²) in [5.74, 6) is -0.823. The Morgan fingerprint density at radius 2 is 1.59 bits per heavy atom. The van der Waals surface area contributed by atoms with Gasteiger partial charge >= 0.3 is 12.4 Å². The molecule has 1 N–H and O–H groups in total. The van der Waals surface area contributed by atoms with Gasteiger partial charge in [-0.05, 0) is 37.3 Å². The van der Waals surface area contributed by atoms with Crippen LogP contribution in [-0.4, -0.2) is 37.1 Å². The molecule has 198 valence electrons. The van der Waals surface area contributed by atoms with E-state index >= 15 is 0 Å². The maximum absolute atomic E-state index is 13.2. The third-order valence-corrected chi connectivity index (χ3v) is 6.83. The van der Waals surface area contributed by atoms with Crippen molar-refractivity contribution in [3.63, 3.8) is 0 Å². The van der Waals surface area contributed by atoms with Crippen LogP contribution in [0.15, 0.2) is 53.3 Å². The number of nitrogens with one attached hydrogen (secondary N) is 1. The van der Waals surface area contributed by atoms with Gasteiger partial charge in [-0.1, -0.05) is 6.92 Å². The maximum Gasteiger partial charge on any atom is 0.416 e. The number of pyridine rings is 1. The monoisotopic (exact) mass is 545 g/mol. The van der Waals surface area contributed by atoms with E-state index in [1.54, 1.807) is 13.0 Å². The summed E-state index contributed by atoms with van der Waals surface area (Å²) in [6.45, 7) is 3.18. The summed E-state index contributed by atoms with van der Waals surface area (Å²) in [6, 6.07) is 2.76. The van der Waals surface area contributed by atoms with Crippen molar-refractivity contribution in [2.45, 2.75) is 32.2 Å². The topological polar surface area (TPSA) is 97.2 Å². The second kappa shape index (κ2) is 10.4. The molecule has 0 aliphatic rings. The predicted octanol–water partition coefficient (Wildman–Crippen LogP) is 5.82. The summed E-state index contributed by atoms with van der Waals surface area (Å²) >= 11 is 0. The van der Waals surface area contributed by atoms with Gasteiger partial charge in [0, 0.05) is 39.7 Å². The number of carbonyl (C=O) groups excluding carboxylic acids is 1. The van der Waals surface area contributed by atoms with Gasteiger partial charge in [-0.2, -0.15) is 30.7 Å². The summed E-state index contributed by atoms with van der Waals surface area (Å²) in [4.78, 5) is 25.3. The predicted molar refractivity (Wildman–Crippen MR) is 124 cm³/mol. The molecule has 1 aromatic carbocycles. The number of rotatable bonds is 6. The van der Waals surface area contributed by atoms with E-state index in [1.807, 2.05) is 0 Å². The zero-order chi connectivity index (χ0) is 27.6. The summed E-state index contributed by atoms with van der Waals surface area (Å²) < 4.78 is 95.3.